The van der Waals surface area contributed by atoms with Crippen molar-refractivity contribution >= 4 is 22.9 Å². The Morgan fingerprint density at radius 3 is 2.73 bits per heavy atom. The molecule has 0 bridgehead atoms. The predicted octanol–water partition coefficient (Wildman–Crippen LogP) is 3.94. The molecular weight excluding hydrogens is 351 g/mol. The molecule has 1 saturated carbocycles. The summed E-state index contributed by atoms with van der Waals surface area (Å²) in [6.45, 7) is 3.02. The normalized spacial score (nSPS) is 23.4. The molecule has 4 rings (SSSR count). The minimum atomic E-state index is -0.331. The van der Waals surface area contributed by atoms with Crippen LogP contribution in [0, 0.1) is 17.7 Å². The summed E-state index contributed by atoms with van der Waals surface area (Å²) in [4.78, 5) is 14.7. The zero-order chi connectivity index (χ0) is 17.9. The van der Waals surface area contributed by atoms with Crippen molar-refractivity contribution in [2.24, 2.45) is 11.8 Å². The van der Waals surface area contributed by atoms with Crippen LogP contribution in [0.4, 0.5) is 10.1 Å². The number of nitrogens with zero attached hydrogens (tertiary/aromatic N) is 3. The van der Waals surface area contributed by atoms with E-state index in [2.05, 4.69) is 20.4 Å². The highest BCUT2D eigenvalue weighted by molar-refractivity contribution is 7.13. The Bertz CT molecular complexity index is 763. The molecule has 0 radical (unpaired) electrons. The van der Waals surface area contributed by atoms with Gasteiger partial charge in [-0.05, 0) is 55.5 Å². The fraction of sp³-hybridized carbons (Fsp3) is 0.526. The van der Waals surface area contributed by atoms with Crippen LogP contribution in [0.2, 0.25) is 0 Å². The first kappa shape index (κ1) is 17.5. The molecule has 2 aromatic rings. The Labute approximate surface area is 156 Å². The van der Waals surface area contributed by atoms with Gasteiger partial charge < -0.3 is 5.32 Å². The molecule has 1 aromatic heterocycles. The molecule has 2 fully saturated rings. The van der Waals surface area contributed by atoms with Crippen molar-refractivity contribution < 1.29 is 9.18 Å². The fourth-order valence-electron chi connectivity index (χ4n) is 4.14. The van der Waals surface area contributed by atoms with Crippen molar-refractivity contribution in [3.8, 4) is 0 Å². The highest BCUT2D eigenvalue weighted by Gasteiger charge is 2.31. The van der Waals surface area contributed by atoms with Gasteiger partial charge in [-0.2, -0.15) is 0 Å². The molecule has 1 aliphatic carbocycles. The van der Waals surface area contributed by atoms with Crippen molar-refractivity contribution in [2.75, 3.05) is 18.4 Å². The molecule has 1 aliphatic heterocycles. The lowest BCUT2D eigenvalue weighted by molar-refractivity contribution is 0.0819. The topological polar surface area (TPSA) is 58.1 Å². The maximum absolute atomic E-state index is 12.9. The Hall–Kier alpha value is -1.86. The van der Waals surface area contributed by atoms with Gasteiger partial charge in [0.15, 0.2) is 0 Å². The Balaban J connectivity index is 1.34. The molecular formula is C19H23FN4OS. The van der Waals surface area contributed by atoms with E-state index in [0.29, 0.717) is 10.7 Å². The summed E-state index contributed by atoms with van der Waals surface area (Å²) < 4.78 is 12.9. The lowest BCUT2D eigenvalue weighted by atomic mass is 9.75. The standard InChI is InChI=1S/C19H23FN4OS/c20-15-5-7-16(8-6-15)21-18(25)19-23-22-17(26-19)12-24-10-9-13-3-1-2-4-14(13)11-24/h5-8,13-14H,1-4,9-12H2,(H,21,25)/t13-,14-/m0/s1. The number of piperidine rings is 1. The molecule has 1 N–H and O–H groups in total. The largest absolute Gasteiger partial charge is 0.320 e. The molecule has 7 heteroatoms. The number of carbonyl (C=O) groups excluding carboxylic acids is 1. The second-order valence-electron chi connectivity index (χ2n) is 7.29. The van der Waals surface area contributed by atoms with Crippen LogP contribution >= 0.6 is 11.3 Å². The number of nitrogens with one attached hydrogen (secondary N) is 1. The van der Waals surface area contributed by atoms with E-state index in [4.69, 9.17) is 0 Å². The third-order valence-corrected chi connectivity index (χ3v) is 6.40. The van der Waals surface area contributed by atoms with Crippen molar-refractivity contribution in [3.63, 3.8) is 0 Å². The van der Waals surface area contributed by atoms with E-state index in [0.717, 1.165) is 36.5 Å². The molecule has 0 spiro atoms. The number of amides is 1. The van der Waals surface area contributed by atoms with E-state index in [1.807, 2.05) is 0 Å². The lowest BCUT2D eigenvalue weighted by Crippen LogP contribution is -2.41. The fourth-order valence-corrected chi connectivity index (χ4v) is 4.92. The number of hydrogen-bond acceptors (Lipinski definition) is 5. The third-order valence-electron chi connectivity index (χ3n) is 5.50. The maximum Gasteiger partial charge on any atom is 0.286 e. The Kier molecular flexibility index (Phi) is 5.26. The Morgan fingerprint density at radius 2 is 1.92 bits per heavy atom. The molecule has 1 aromatic carbocycles. The van der Waals surface area contributed by atoms with Gasteiger partial charge in [0.05, 0.1) is 6.54 Å². The van der Waals surface area contributed by atoms with Crippen LogP contribution in [-0.2, 0) is 6.54 Å². The van der Waals surface area contributed by atoms with Gasteiger partial charge in [-0.25, -0.2) is 4.39 Å². The molecule has 5 nitrogen and oxygen atoms in total. The van der Waals surface area contributed by atoms with Gasteiger partial charge in [-0.1, -0.05) is 30.6 Å². The summed E-state index contributed by atoms with van der Waals surface area (Å²) in [6, 6.07) is 5.69. The van der Waals surface area contributed by atoms with Crippen molar-refractivity contribution in [3.05, 3.63) is 40.1 Å². The van der Waals surface area contributed by atoms with Gasteiger partial charge in [0.2, 0.25) is 5.01 Å². The number of aromatic nitrogens is 2. The van der Waals surface area contributed by atoms with E-state index < -0.39 is 0 Å². The summed E-state index contributed by atoms with van der Waals surface area (Å²) in [5, 5.41) is 12.2. The van der Waals surface area contributed by atoms with E-state index >= 15 is 0 Å². The number of likely N-dealkylation sites (tertiary alicyclic amines) is 1. The van der Waals surface area contributed by atoms with Crippen LogP contribution in [-0.4, -0.2) is 34.1 Å². The lowest BCUT2D eigenvalue weighted by Gasteiger charge is -2.41. The van der Waals surface area contributed by atoms with Gasteiger partial charge in [0.1, 0.15) is 10.8 Å². The molecule has 1 saturated heterocycles. The quantitative estimate of drug-likeness (QED) is 0.881. The zero-order valence-corrected chi connectivity index (χ0v) is 15.5. The highest BCUT2D eigenvalue weighted by atomic mass is 32.1. The number of fused-ring (bicyclic) bond motifs is 1. The van der Waals surface area contributed by atoms with Gasteiger partial charge >= 0.3 is 0 Å². The zero-order valence-electron chi connectivity index (χ0n) is 14.7. The average Bonchev–Trinajstić information content (AvgIpc) is 3.12. The summed E-state index contributed by atoms with van der Waals surface area (Å²) in [5.41, 5.74) is 0.549. The summed E-state index contributed by atoms with van der Waals surface area (Å²) >= 11 is 1.34. The van der Waals surface area contributed by atoms with Gasteiger partial charge in [0, 0.05) is 12.2 Å². The molecule has 1 amide bonds. The van der Waals surface area contributed by atoms with E-state index in [1.165, 1.54) is 67.7 Å². The van der Waals surface area contributed by atoms with E-state index in [1.54, 1.807) is 0 Å². The SMILES string of the molecule is O=C(Nc1ccc(F)cc1)c1nnc(CN2CC[C@@H]3CCCC[C@H]3C2)s1. The minimum Gasteiger partial charge on any atom is -0.320 e. The van der Waals surface area contributed by atoms with Crippen LogP contribution in [0.5, 0.6) is 0 Å². The van der Waals surface area contributed by atoms with E-state index in [9.17, 15) is 9.18 Å². The molecule has 2 aliphatic rings. The number of anilines is 1. The minimum absolute atomic E-state index is 0.300. The first-order valence-electron chi connectivity index (χ1n) is 9.29. The Morgan fingerprint density at radius 1 is 1.15 bits per heavy atom. The molecule has 2 heterocycles. The number of carbonyl (C=O) groups is 1. The van der Waals surface area contributed by atoms with Crippen LogP contribution in [0.1, 0.15) is 46.9 Å². The van der Waals surface area contributed by atoms with E-state index in [-0.39, 0.29) is 11.7 Å². The van der Waals surface area contributed by atoms with Gasteiger partial charge in [0.25, 0.3) is 5.91 Å². The van der Waals surface area contributed by atoms with Gasteiger partial charge in [-0.15, -0.1) is 10.2 Å². The summed E-state index contributed by atoms with van der Waals surface area (Å²) in [7, 11) is 0. The van der Waals surface area contributed by atoms with Crippen molar-refractivity contribution in [1.82, 2.24) is 15.1 Å². The number of halogens is 1. The smallest absolute Gasteiger partial charge is 0.286 e. The number of hydrogen-bond donors (Lipinski definition) is 1. The monoisotopic (exact) mass is 374 g/mol. The van der Waals surface area contributed by atoms with Crippen LogP contribution in [0.15, 0.2) is 24.3 Å². The number of benzene rings is 1. The first-order chi connectivity index (χ1) is 12.7. The van der Waals surface area contributed by atoms with Gasteiger partial charge in [-0.3, -0.25) is 9.69 Å². The average molecular weight is 374 g/mol. The highest BCUT2D eigenvalue weighted by Crippen LogP contribution is 2.36. The molecule has 26 heavy (non-hydrogen) atoms. The predicted molar refractivity (Wildman–Crippen MR) is 99.6 cm³/mol. The second-order valence-corrected chi connectivity index (χ2v) is 8.35. The molecule has 138 valence electrons. The van der Waals surface area contributed by atoms with Crippen molar-refractivity contribution in [1.29, 1.82) is 0 Å². The van der Waals surface area contributed by atoms with Crippen LogP contribution in [0.3, 0.4) is 0 Å². The van der Waals surface area contributed by atoms with Crippen LogP contribution < -0.4 is 5.32 Å². The number of rotatable bonds is 4. The molecule has 2 atom stereocenters. The summed E-state index contributed by atoms with van der Waals surface area (Å²) in [6.07, 6.45) is 6.78. The third kappa shape index (κ3) is 4.10. The second kappa shape index (κ2) is 7.80. The van der Waals surface area contributed by atoms with Crippen molar-refractivity contribution in [2.45, 2.75) is 38.6 Å². The van der Waals surface area contributed by atoms with Crippen LogP contribution in [0.25, 0.3) is 0 Å². The summed E-state index contributed by atoms with van der Waals surface area (Å²) in [5.74, 6) is 1.10. The maximum atomic E-state index is 12.9. The first-order valence-corrected chi connectivity index (χ1v) is 10.1. The molecule has 0 unspecified atom stereocenters.